The quantitative estimate of drug-likeness (QED) is 0.274. The van der Waals surface area contributed by atoms with Gasteiger partial charge in [-0.15, -0.1) is 0 Å². The topological polar surface area (TPSA) is 13.1 Å². The molecular formula is C25H38NO+. The number of aromatic nitrogens is 1. The number of methoxy groups -OCH3 is 1. The predicted octanol–water partition coefficient (Wildman–Crippen LogP) is 6.49. The van der Waals surface area contributed by atoms with E-state index in [0.717, 1.165) is 18.7 Å². The third-order valence-corrected chi connectivity index (χ3v) is 5.33. The van der Waals surface area contributed by atoms with Crippen LogP contribution in [0.1, 0.15) is 82.4 Å². The number of ether oxygens (including phenoxy) is 1. The van der Waals surface area contributed by atoms with Gasteiger partial charge in [0.1, 0.15) is 0 Å². The molecule has 0 aliphatic heterocycles. The fraction of sp³-hybridized carbons (Fsp3) is 0.560. The fourth-order valence-corrected chi connectivity index (χ4v) is 3.72. The summed E-state index contributed by atoms with van der Waals surface area (Å²) in [6.07, 6.45) is 17.0. The van der Waals surface area contributed by atoms with E-state index in [2.05, 4.69) is 60.2 Å². The van der Waals surface area contributed by atoms with Gasteiger partial charge in [-0.25, -0.2) is 0 Å². The molecule has 2 nitrogen and oxygen atoms in total. The monoisotopic (exact) mass is 368 g/mol. The highest BCUT2D eigenvalue weighted by molar-refractivity contribution is 5.23. The zero-order valence-corrected chi connectivity index (χ0v) is 17.5. The lowest BCUT2D eigenvalue weighted by molar-refractivity contribution is -0.696. The van der Waals surface area contributed by atoms with Crippen molar-refractivity contribution in [1.82, 2.24) is 0 Å². The second-order valence-electron chi connectivity index (χ2n) is 7.57. The lowest BCUT2D eigenvalue weighted by atomic mass is 10.0. The van der Waals surface area contributed by atoms with Gasteiger partial charge in [-0.05, 0) is 12.5 Å². The summed E-state index contributed by atoms with van der Waals surface area (Å²) >= 11 is 0. The Hall–Kier alpha value is -1.83. The van der Waals surface area contributed by atoms with Crippen molar-refractivity contribution in [2.45, 2.75) is 84.1 Å². The molecule has 0 spiro atoms. The number of benzene rings is 1. The third kappa shape index (κ3) is 8.15. The number of rotatable bonds is 14. The van der Waals surface area contributed by atoms with Crippen molar-refractivity contribution in [3.8, 4) is 5.75 Å². The number of hydrogen-bond donors (Lipinski definition) is 0. The first kappa shape index (κ1) is 21.5. The Kier molecular flexibility index (Phi) is 10.6. The molecule has 2 heteroatoms. The largest absolute Gasteiger partial charge is 0.491 e. The van der Waals surface area contributed by atoms with Crippen molar-refractivity contribution in [3.63, 3.8) is 0 Å². The maximum Gasteiger partial charge on any atom is 0.223 e. The summed E-state index contributed by atoms with van der Waals surface area (Å²) in [4.78, 5) is 0. The van der Waals surface area contributed by atoms with E-state index in [0.29, 0.717) is 0 Å². The first-order valence-corrected chi connectivity index (χ1v) is 10.9. The molecule has 0 aliphatic carbocycles. The Balaban J connectivity index is 1.76. The maximum absolute atomic E-state index is 5.65. The van der Waals surface area contributed by atoms with Crippen LogP contribution in [0.15, 0.2) is 48.7 Å². The Morgan fingerprint density at radius 2 is 1.37 bits per heavy atom. The van der Waals surface area contributed by atoms with Gasteiger partial charge in [0.2, 0.25) is 5.69 Å². The predicted molar refractivity (Wildman–Crippen MR) is 114 cm³/mol. The Labute approximate surface area is 166 Å². The first-order chi connectivity index (χ1) is 13.3. The summed E-state index contributed by atoms with van der Waals surface area (Å²) in [5, 5.41) is 0. The van der Waals surface area contributed by atoms with Crippen LogP contribution in [0.5, 0.6) is 5.75 Å². The summed E-state index contributed by atoms with van der Waals surface area (Å²) in [5.41, 5.74) is 2.66. The van der Waals surface area contributed by atoms with Crippen molar-refractivity contribution < 1.29 is 9.30 Å². The number of unbranched alkanes of at least 4 members (excludes halogenated alkanes) is 9. The highest BCUT2D eigenvalue weighted by Crippen LogP contribution is 2.18. The number of hydrogen-bond acceptors (Lipinski definition) is 1. The summed E-state index contributed by atoms with van der Waals surface area (Å²) in [5.74, 6) is 1.02. The Bertz CT molecular complexity index is 623. The molecule has 0 aliphatic rings. The van der Waals surface area contributed by atoms with Gasteiger partial charge in [-0.2, -0.15) is 4.57 Å². The third-order valence-electron chi connectivity index (χ3n) is 5.33. The van der Waals surface area contributed by atoms with E-state index in [4.69, 9.17) is 4.74 Å². The van der Waals surface area contributed by atoms with Crippen LogP contribution in [0.25, 0.3) is 0 Å². The van der Waals surface area contributed by atoms with E-state index >= 15 is 0 Å². The molecule has 0 radical (unpaired) electrons. The van der Waals surface area contributed by atoms with Crippen LogP contribution in [-0.2, 0) is 13.0 Å². The van der Waals surface area contributed by atoms with Crippen molar-refractivity contribution in [1.29, 1.82) is 0 Å². The normalized spacial score (nSPS) is 10.9. The zero-order chi connectivity index (χ0) is 19.2. The molecular weight excluding hydrogens is 330 g/mol. The number of nitrogens with zero attached hydrogens (tertiary/aromatic N) is 1. The van der Waals surface area contributed by atoms with Gasteiger partial charge in [0.05, 0.1) is 7.11 Å². The summed E-state index contributed by atoms with van der Waals surface area (Å²) in [7, 11) is 1.78. The number of pyridine rings is 1. The van der Waals surface area contributed by atoms with Crippen molar-refractivity contribution in [2.75, 3.05) is 7.11 Å². The van der Waals surface area contributed by atoms with E-state index in [1.54, 1.807) is 7.11 Å². The molecule has 0 saturated heterocycles. The molecule has 0 bridgehead atoms. The standard InChI is InChI=1S/C25H38NO/c1-3-4-5-6-7-8-9-10-11-15-19-24-25(27-2)20-16-21-26(24)22-23-17-13-12-14-18-23/h12-14,16-18,20-21H,3-11,15,19,22H2,1-2H3/q+1. The second kappa shape index (κ2) is 13.4. The average molecular weight is 369 g/mol. The molecule has 0 amide bonds. The zero-order valence-electron chi connectivity index (χ0n) is 17.5. The van der Waals surface area contributed by atoms with Crippen LogP contribution in [-0.4, -0.2) is 7.11 Å². The summed E-state index contributed by atoms with van der Waals surface area (Å²) in [6.45, 7) is 3.19. The van der Waals surface area contributed by atoms with Gasteiger partial charge >= 0.3 is 0 Å². The van der Waals surface area contributed by atoms with Crippen LogP contribution in [0.3, 0.4) is 0 Å². The second-order valence-corrected chi connectivity index (χ2v) is 7.57. The van der Waals surface area contributed by atoms with Crippen LogP contribution in [0.2, 0.25) is 0 Å². The Morgan fingerprint density at radius 3 is 2.00 bits per heavy atom. The van der Waals surface area contributed by atoms with Crippen molar-refractivity contribution >= 4 is 0 Å². The highest BCUT2D eigenvalue weighted by atomic mass is 16.5. The molecule has 27 heavy (non-hydrogen) atoms. The van der Waals surface area contributed by atoms with E-state index in [9.17, 15) is 0 Å². The van der Waals surface area contributed by atoms with Crippen LogP contribution in [0, 0.1) is 0 Å². The molecule has 2 aromatic rings. The van der Waals surface area contributed by atoms with Gasteiger partial charge in [0.15, 0.2) is 18.5 Å². The minimum atomic E-state index is 0.908. The minimum absolute atomic E-state index is 0.908. The van der Waals surface area contributed by atoms with Gasteiger partial charge < -0.3 is 4.74 Å². The minimum Gasteiger partial charge on any atom is -0.491 e. The molecule has 148 valence electrons. The molecule has 0 saturated carbocycles. The maximum atomic E-state index is 5.65. The SMILES string of the molecule is CCCCCCCCCCCCc1c(OC)ccc[n+]1Cc1ccccc1. The summed E-state index contributed by atoms with van der Waals surface area (Å²) < 4.78 is 7.99. The Morgan fingerprint density at radius 1 is 0.741 bits per heavy atom. The van der Waals surface area contributed by atoms with Gasteiger partial charge in [-0.3, -0.25) is 0 Å². The molecule has 0 fully saturated rings. The van der Waals surface area contributed by atoms with Gasteiger partial charge in [0.25, 0.3) is 0 Å². The first-order valence-electron chi connectivity index (χ1n) is 10.9. The van der Waals surface area contributed by atoms with E-state index in [1.807, 2.05) is 0 Å². The van der Waals surface area contributed by atoms with Crippen LogP contribution >= 0.6 is 0 Å². The highest BCUT2D eigenvalue weighted by Gasteiger charge is 2.16. The molecule has 2 rings (SSSR count). The van der Waals surface area contributed by atoms with Crippen molar-refractivity contribution in [2.24, 2.45) is 0 Å². The van der Waals surface area contributed by atoms with E-state index in [-0.39, 0.29) is 0 Å². The van der Waals surface area contributed by atoms with Crippen LogP contribution < -0.4 is 9.30 Å². The lowest BCUT2D eigenvalue weighted by Gasteiger charge is -2.09. The lowest BCUT2D eigenvalue weighted by Crippen LogP contribution is -2.39. The van der Waals surface area contributed by atoms with Gasteiger partial charge in [-0.1, -0.05) is 95.0 Å². The molecule has 0 N–H and O–H groups in total. The molecule has 1 aromatic heterocycles. The van der Waals surface area contributed by atoms with Crippen molar-refractivity contribution in [3.05, 3.63) is 59.9 Å². The fourth-order valence-electron chi connectivity index (χ4n) is 3.72. The van der Waals surface area contributed by atoms with E-state index in [1.165, 1.54) is 75.5 Å². The molecule has 1 heterocycles. The molecule has 1 aromatic carbocycles. The van der Waals surface area contributed by atoms with E-state index < -0.39 is 0 Å². The average Bonchev–Trinajstić information content (AvgIpc) is 2.71. The van der Waals surface area contributed by atoms with Gasteiger partial charge in [0, 0.05) is 18.1 Å². The smallest absolute Gasteiger partial charge is 0.223 e. The summed E-state index contributed by atoms with van der Waals surface area (Å²) in [6, 6.07) is 14.9. The molecule has 0 unspecified atom stereocenters. The molecule has 0 atom stereocenters. The van der Waals surface area contributed by atoms with Crippen LogP contribution in [0.4, 0.5) is 0 Å².